The van der Waals surface area contributed by atoms with Crippen LogP contribution < -0.4 is 16.2 Å². The number of ether oxygens (including phenoxy) is 1. The van der Waals surface area contributed by atoms with Gasteiger partial charge in [0, 0.05) is 8.95 Å². The molecule has 0 aliphatic carbocycles. The van der Waals surface area contributed by atoms with E-state index < -0.39 is 6.36 Å². The van der Waals surface area contributed by atoms with Crippen molar-refractivity contribution in [1.29, 1.82) is 0 Å². The Labute approximate surface area is 111 Å². The molecule has 0 atom stereocenters. The number of hydrogen-bond donors (Lipinski definition) is 2. The fourth-order valence-electron chi connectivity index (χ4n) is 0.971. The summed E-state index contributed by atoms with van der Waals surface area (Å²) in [6, 6.07) is 2.22. The van der Waals surface area contributed by atoms with Gasteiger partial charge in [0.15, 0.2) is 5.96 Å². The average Bonchev–Trinajstić information content (AvgIpc) is 2.08. The van der Waals surface area contributed by atoms with Gasteiger partial charge in [-0.25, -0.2) is 4.99 Å². The number of alkyl halides is 3. The lowest BCUT2D eigenvalue weighted by atomic mass is 10.3. The number of halogens is 5. The Morgan fingerprint density at radius 2 is 1.65 bits per heavy atom. The average molecular weight is 377 g/mol. The van der Waals surface area contributed by atoms with E-state index in [4.69, 9.17) is 11.5 Å². The number of nitrogens with zero attached hydrogens (tertiary/aromatic N) is 1. The summed E-state index contributed by atoms with van der Waals surface area (Å²) in [4.78, 5) is 3.74. The lowest BCUT2D eigenvalue weighted by Gasteiger charge is -2.11. The van der Waals surface area contributed by atoms with E-state index in [1.165, 1.54) is 0 Å². The molecule has 0 amide bonds. The van der Waals surface area contributed by atoms with Crippen LogP contribution in [0.4, 0.5) is 18.9 Å². The highest BCUT2D eigenvalue weighted by atomic mass is 79.9. The number of nitrogens with two attached hydrogens (primary N) is 2. The molecule has 0 heterocycles. The Morgan fingerprint density at radius 3 is 2.00 bits per heavy atom. The first kappa shape index (κ1) is 14.1. The Hall–Kier alpha value is -0.960. The number of hydrogen-bond acceptors (Lipinski definition) is 2. The Bertz CT molecular complexity index is 435. The smallest absolute Gasteiger partial charge is 0.406 e. The summed E-state index contributed by atoms with van der Waals surface area (Å²) in [5.74, 6) is -0.596. The van der Waals surface area contributed by atoms with Crippen LogP contribution in [-0.2, 0) is 0 Å². The lowest BCUT2D eigenvalue weighted by molar-refractivity contribution is -0.274. The predicted octanol–water partition coefficient (Wildman–Crippen LogP) is 3.02. The van der Waals surface area contributed by atoms with Crippen molar-refractivity contribution in [2.24, 2.45) is 16.5 Å². The highest BCUT2D eigenvalue weighted by Gasteiger charge is 2.31. The molecule has 17 heavy (non-hydrogen) atoms. The topological polar surface area (TPSA) is 73.6 Å². The standard InChI is InChI=1S/C8H6Br2F3N3O/c9-4-1-3(17-8(11,12)13)2-5(10)6(4)16-7(14)15/h1-2H,(H4,14,15,16). The van der Waals surface area contributed by atoms with Crippen LogP contribution in [0.5, 0.6) is 5.75 Å². The van der Waals surface area contributed by atoms with Gasteiger partial charge in [-0.3, -0.25) is 0 Å². The molecule has 4 nitrogen and oxygen atoms in total. The third-order valence-electron chi connectivity index (χ3n) is 1.46. The van der Waals surface area contributed by atoms with Gasteiger partial charge in [-0.2, -0.15) is 0 Å². The van der Waals surface area contributed by atoms with Crippen LogP contribution in [0, 0.1) is 0 Å². The molecule has 0 unspecified atom stereocenters. The molecule has 94 valence electrons. The third kappa shape index (κ3) is 4.43. The summed E-state index contributed by atoms with van der Waals surface area (Å²) in [6.45, 7) is 0. The molecule has 0 saturated carbocycles. The second kappa shape index (κ2) is 5.13. The van der Waals surface area contributed by atoms with Crippen molar-refractivity contribution < 1.29 is 17.9 Å². The minimum absolute atomic E-state index is 0.212. The summed E-state index contributed by atoms with van der Waals surface area (Å²) in [7, 11) is 0. The maximum Gasteiger partial charge on any atom is 0.573 e. The first-order valence-electron chi connectivity index (χ1n) is 4.03. The fourth-order valence-corrected chi connectivity index (χ4v) is 2.29. The van der Waals surface area contributed by atoms with Crippen molar-refractivity contribution in [3.05, 3.63) is 21.1 Å². The number of aliphatic imine (C=N–C) groups is 1. The third-order valence-corrected chi connectivity index (χ3v) is 2.67. The van der Waals surface area contributed by atoms with E-state index in [-0.39, 0.29) is 26.3 Å². The van der Waals surface area contributed by atoms with E-state index in [0.717, 1.165) is 12.1 Å². The normalized spacial score (nSPS) is 11.1. The van der Waals surface area contributed by atoms with E-state index in [1.54, 1.807) is 0 Å². The zero-order valence-corrected chi connectivity index (χ0v) is 11.2. The van der Waals surface area contributed by atoms with E-state index in [9.17, 15) is 13.2 Å². The van der Waals surface area contributed by atoms with Gasteiger partial charge in [0.25, 0.3) is 0 Å². The SMILES string of the molecule is NC(N)=Nc1c(Br)cc(OC(F)(F)F)cc1Br. The molecule has 0 saturated heterocycles. The van der Waals surface area contributed by atoms with Crippen molar-refractivity contribution in [2.75, 3.05) is 0 Å². The van der Waals surface area contributed by atoms with Crippen LogP contribution in [0.15, 0.2) is 26.1 Å². The van der Waals surface area contributed by atoms with E-state index >= 15 is 0 Å². The Kier molecular flexibility index (Phi) is 4.26. The molecule has 9 heteroatoms. The number of rotatable bonds is 2. The molecule has 0 aromatic heterocycles. The molecule has 1 aromatic carbocycles. The van der Waals surface area contributed by atoms with E-state index in [2.05, 4.69) is 41.6 Å². The van der Waals surface area contributed by atoms with Crippen LogP contribution >= 0.6 is 31.9 Å². The summed E-state index contributed by atoms with van der Waals surface area (Å²) in [5, 5.41) is 0. The summed E-state index contributed by atoms with van der Waals surface area (Å²) in [6.07, 6.45) is -4.75. The van der Waals surface area contributed by atoms with Gasteiger partial charge in [0.1, 0.15) is 5.75 Å². The summed E-state index contributed by atoms with van der Waals surface area (Å²) in [5.41, 5.74) is 10.6. The van der Waals surface area contributed by atoms with Gasteiger partial charge in [0.2, 0.25) is 0 Å². The minimum Gasteiger partial charge on any atom is -0.406 e. The van der Waals surface area contributed by atoms with Crippen LogP contribution in [0.3, 0.4) is 0 Å². The zero-order chi connectivity index (χ0) is 13.2. The maximum absolute atomic E-state index is 12.0. The number of benzene rings is 1. The zero-order valence-electron chi connectivity index (χ0n) is 8.05. The quantitative estimate of drug-likeness (QED) is 0.615. The molecular weight excluding hydrogens is 371 g/mol. The van der Waals surface area contributed by atoms with Gasteiger partial charge in [0.05, 0.1) is 5.69 Å². The monoisotopic (exact) mass is 375 g/mol. The van der Waals surface area contributed by atoms with Gasteiger partial charge in [-0.1, -0.05) is 0 Å². The van der Waals surface area contributed by atoms with Crippen LogP contribution in [0.1, 0.15) is 0 Å². The highest BCUT2D eigenvalue weighted by Crippen LogP contribution is 2.38. The Morgan fingerprint density at radius 1 is 1.18 bits per heavy atom. The molecule has 4 N–H and O–H groups in total. The van der Waals surface area contributed by atoms with Crippen LogP contribution in [0.25, 0.3) is 0 Å². The fraction of sp³-hybridized carbons (Fsp3) is 0.125. The summed E-state index contributed by atoms with van der Waals surface area (Å²) >= 11 is 6.08. The molecular formula is C8H6Br2F3N3O. The highest BCUT2D eigenvalue weighted by molar-refractivity contribution is 9.11. The molecule has 1 aromatic rings. The van der Waals surface area contributed by atoms with Gasteiger partial charge < -0.3 is 16.2 Å². The molecule has 0 radical (unpaired) electrons. The van der Waals surface area contributed by atoms with Crippen molar-refractivity contribution in [3.63, 3.8) is 0 Å². The van der Waals surface area contributed by atoms with E-state index in [0.29, 0.717) is 0 Å². The van der Waals surface area contributed by atoms with Crippen molar-refractivity contribution in [2.45, 2.75) is 6.36 Å². The van der Waals surface area contributed by atoms with Crippen molar-refractivity contribution in [3.8, 4) is 5.75 Å². The van der Waals surface area contributed by atoms with Gasteiger partial charge in [-0.05, 0) is 44.0 Å². The summed E-state index contributed by atoms with van der Waals surface area (Å²) < 4.78 is 40.3. The minimum atomic E-state index is -4.75. The van der Waals surface area contributed by atoms with Crippen molar-refractivity contribution in [1.82, 2.24) is 0 Å². The largest absolute Gasteiger partial charge is 0.573 e. The van der Waals surface area contributed by atoms with Crippen molar-refractivity contribution >= 4 is 43.5 Å². The first-order chi connectivity index (χ1) is 7.69. The second-order valence-electron chi connectivity index (χ2n) is 2.82. The van der Waals surface area contributed by atoms with E-state index in [1.807, 2.05) is 0 Å². The maximum atomic E-state index is 12.0. The molecule has 0 aliphatic heterocycles. The van der Waals surface area contributed by atoms with Crippen LogP contribution in [-0.4, -0.2) is 12.3 Å². The molecule has 0 spiro atoms. The Balaban J connectivity index is 3.14. The molecule has 0 bridgehead atoms. The molecule has 1 rings (SSSR count). The van der Waals surface area contributed by atoms with Gasteiger partial charge in [-0.15, -0.1) is 13.2 Å². The molecule has 0 fully saturated rings. The first-order valence-corrected chi connectivity index (χ1v) is 5.62. The number of guanidine groups is 1. The lowest BCUT2D eigenvalue weighted by Crippen LogP contribution is -2.22. The van der Waals surface area contributed by atoms with Crippen LogP contribution in [0.2, 0.25) is 0 Å². The second-order valence-corrected chi connectivity index (χ2v) is 4.53. The molecule has 0 aliphatic rings. The van der Waals surface area contributed by atoms with Gasteiger partial charge >= 0.3 is 6.36 Å². The predicted molar refractivity (Wildman–Crippen MR) is 64.0 cm³/mol.